The third kappa shape index (κ3) is 4.38. The van der Waals surface area contributed by atoms with E-state index in [1.807, 2.05) is 24.3 Å². The molecule has 3 aromatic carbocycles. The molecular formula is C24H16F2. The maximum absolute atomic E-state index is 13.5. The van der Waals surface area contributed by atoms with Crippen molar-refractivity contribution in [1.29, 1.82) is 0 Å². The maximum atomic E-state index is 13.5. The highest BCUT2D eigenvalue weighted by Gasteiger charge is 1.97. The van der Waals surface area contributed by atoms with Crippen LogP contribution in [-0.4, -0.2) is 0 Å². The molecule has 0 amide bonds. The van der Waals surface area contributed by atoms with Gasteiger partial charge in [-0.25, -0.2) is 8.78 Å². The van der Waals surface area contributed by atoms with Gasteiger partial charge < -0.3 is 0 Å². The van der Waals surface area contributed by atoms with Crippen molar-refractivity contribution in [3.05, 3.63) is 106 Å². The largest absolute Gasteiger partial charge is 0.207 e. The molecule has 2 heteroatoms. The van der Waals surface area contributed by atoms with Crippen molar-refractivity contribution in [2.45, 2.75) is 13.8 Å². The van der Waals surface area contributed by atoms with Crippen LogP contribution in [0.3, 0.4) is 0 Å². The molecule has 0 radical (unpaired) electrons. The number of halogens is 2. The van der Waals surface area contributed by atoms with E-state index in [2.05, 4.69) is 23.7 Å². The molecule has 0 unspecified atom stereocenters. The van der Waals surface area contributed by atoms with Gasteiger partial charge in [0.15, 0.2) is 0 Å². The van der Waals surface area contributed by atoms with E-state index in [4.69, 9.17) is 0 Å². The molecule has 0 fully saturated rings. The Labute approximate surface area is 152 Å². The Bertz CT molecular complexity index is 981. The number of hydrogen-bond donors (Lipinski definition) is 0. The summed E-state index contributed by atoms with van der Waals surface area (Å²) in [6, 6.07) is 17.3. The van der Waals surface area contributed by atoms with E-state index in [9.17, 15) is 8.78 Å². The van der Waals surface area contributed by atoms with E-state index in [1.54, 1.807) is 38.1 Å². The topological polar surface area (TPSA) is 0 Å². The number of benzene rings is 3. The monoisotopic (exact) mass is 342 g/mol. The van der Waals surface area contributed by atoms with E-state index in [-0.39, 0.29) is 11.6 Å². The van der Waals surface area contributed by atoms with E-state index in [0.717, 1.165) is 11.1 Å². The van der Waals surface area contributed by atoms with E-state index in [1.165, 1.54) is 12.1 Å². The third-order valence-corrected chi connectivity index (χ3v) is 3.93. The molecule has 0 heterocycles. The molecule has 0 aliphatic heterocycles. The maximum Gasteiger partial charge on any atom is 0.127 e. The lowest BCUT2D eigenvalue weighted by Gasteiger charge is -1.96. The normalized spacial score (nSPS) is 9.69. The van der Waals surface area contributed by atoms with Crippen molar-refractivity contribution in [1.82, 2.24) is 0 Å². The minimum Gasteiger partial charge on any atom is -0.207 e. The fourth-order valence-electron chi connectivity index (χ4n) is 2.27. The molecule has 126 valence electrons. The van der Waals surface area contributed by atoms with Crippen molar-refractivity contribution in [2.75, 3.05) is 0 Å². The van der Waals surface area contributed by atoms with Gasteiger partial charge in [-0.1, -0.05) is 35.8 Å². The highest BCUT2D eigenvalue weighted by molar-refractivity contribution is 5.48. The summed E-state index contributed by atoms with van der Waals surface area (Å²) in [7, 11) is 0. The molecule has 0 spiro atoms. The second kappa shape index (κ2) is 7.68. The van der Waals surface area contributed by atoms with Crippen molar-refractivity contribution in [3.63, 3.8) is 0 Å². The number of rotatable bonds is 0. The summed E-state index contributed by atoms with van der Waals surface area (Å²) in [4.78, 5) is 0. The second-order valence-electron chi connectivity index (χ2n) is 6.01. The van der Waals surface area contributed by atoms with Crippen LogP contribution >= 0.6 is 0 Å². The fourth-order valence-corrected chi connectivity index (χ4v) is 2.27. The van der Waals surface area contributed by atoms with Gasteiger partial charge >= 0.3 is 0 Å². The molecule has 0 bridgehead atoms. The van der Waals surface area contributed by atoms with Crippen molar-refractivity contribution < 1.29 is 8.78 Å². The van der Waals surface area contributed by atoms with Gasteiger partial charge in [0.2, 0.25) is 0 Å². The van der Waals surface area contributed by atoms with Gasteiger partial charge in [0.05, 0.1) is 0 Å². The predicted molar refractivity (Wildman–Crippen MR) is 101 cm³/mol. The lowest BCUT2D eigenvalue weighted by Crippen LogP contribution is -1.84. The van der Waals surface area contributed by atoms with Crippen LogP contribution in [-0.2, 0) is 0 Å². The van der Waals surface area contributed by atoms with Crippen molar-refractivity contribution >= 4 is 0 Å². The van der Waals surface area contributed by atoms with Crippen molar-refractivity contribution in [2.24, 2.45) is 0 Å². The minimum absolute atomic E-state index is 0.255. The summed E-state index contributed by atoms with van der Waals surface area (Å²) in [6.45, 7) is 3.44. The highest BCUT2D eigenvalue weighted by Crippen LogP contribution is 2.10. The molecule has 0 aromatic heterocycles. The molecule has 3 aromatic rings. The summed E-state index contributed by atoms with van der Waals surface area (Å²) in [5.74, 6) is 11.4. The second-order valence-corrected chi connectivity index (χ2v) is 6.01. The van der Waals surface area contributed by atoms with Crippen LogP contribution in [0.2, 0.25) is 0 Å². The molecule has 0 N–H and O–H groups in total. The van der Waals surface area contributed by atoms with Crippen LogP contribution in [0.15, 0.2) is 60.7 Å². The Kier molecular flexibility index (Phi) is 5.16. The summed E-state index contributed by atoms with van der Waals surface area (Å²) < 4.78 is 27.0. The molecule has 26 heavy (non-hydrogen) atoms. The quantitative estimate of drug-likeness (QED) is 0.481. The zero-order chi connectivity index (χ0) is 18.5. The van der Waals surface area contributed by atoms with Gasteiger partial charge in [0, 0.05) is 22.3 Å². The molecule has 0 atom stereocenters. The van der Waals surface area contributed by atoms with Crippen LogP contribution < -0.4 is 0 Å². The SMILES string of the molecule is Cc1ccc(C#Cc2ccc(C#Cc3ccc(C)c(F)c3)cc2)cc1F. The molecule has 0 saturated carbocycles. The van der Waals surface area contributed by atoms with Crippen LogP contribution in [0.5, 0.6) is 0 Å². The van der Waals surface area contributed by atoms with Gasteiger partial charge in [-0.3, -0.25) is 0 Å². The van der Waals surface area contributed by atoms with Gasteiger partial charge in [0.25, 0.3) is 0 Å². The molecule has 3 rings (SSSR count). The van der Waals surface area contributed by atoms with E-state index in [0.29, 0.717) is 22.3 Å². The minimum atomic E-state index is -0.255. The first-order valence-corrected chi connectivity index (χ1v) is 8.18. The summed E-state index contributed by atoms with van der Waals surface area (Å²) in [5, 5.41) is 0. The zero-order valence-electron chi connectivity index (χ0n) is 14.5. The Morgan fingerprint density at radius 3 is 1.15 bits per heavy atom. The third-order valence-electron chi connectivity index (χ3n) is 3.93. The Morgan fingerprint density at radius 1 is 0.500 bits per heavy atom. The lowest BCUT2D eigenvalue weighted by molar-refractivity contribution is 0.618. The number of aryl methyl sites for hydroxylation is 2. The fraction of sp³-hybridized carbons (Fsp3) is 0.0833. The molecular weight excluding hydrogens is 326 g/mol. The van der Waals surface area contributed by atoms with Gasteiger partial charge in [0.1, 0.15) is 11.6 Å². The van der Waals surface area contributed by atoms with Crippen molar-refractivity contribution in [3.8, 4) is 23.7 Å². The first kappa shape index (κ1) is 17.5. The first-order chi connectivity index (χ1) is 12.5. The Balaban J connectivity index is 1.75. The van der Waals surface area contributed by atoms with Gasteiger partial charge in [-0.05, 0) is 73.5 Å². The average Bonchev–Trinajstić information content (AvgIpc) is 2.64. The summed E-state index contributed by atoms with van der Waals surface area (Å²) in [5.41, 5.74) is 4.12. The van der Waals surface area contributed by atoms with Gasteiger partial charge in [-0.15, -0.1) is 0 Å². The standard InChI is InChI=1S/C24H16F2/c1-17-3-5-21(15-23(17)25)13-11-19-7-9-20(10-8-19)12-14-22-6-4-18(2)24(26)16-22/h3-10,15-16H,1-2H3. The Hall–Kier alpha value is -3.36. The smallest absolute Gasteiger partial charge is 0.127 e. The molecule has 0 saturated heterocycles. The van der Waals surface area contributed by atoms with Crippen LogP contribution in [0.1, 0.15) is 33.4 Å². The molecule has 0 nitrogen and oxygen atoms in total. The summed E-state index contributed by atoms with van der Waals surface area (Å²) in [6.07, 6.45) is 0. The zero-order valence-corrected chi connectivity index (χ0v) is 14.5. The van der Waals surface area contributed by atoms with Gasteiger partial charge in [-0.2, -0.15) is 0 Å². The highest BCUT2D eigenvalue weighted by atomic mass is 19.1. The predicted octanol–water partition coefficient (Wildman–Crippen LogP) is 5.38. The molecule has 0 aliphatic rings. The summed E-state index contributed by atoms with van der Waals surface area (Å²) >= 11 is 0. The van der Waals surface area contributed by atoms with E-state index >= 15 is 0 Å². The lowest BCUT2D eigenvalue weighted by atomic mass is 10.1. The average molecular weight is 342 g/mol. The molecule has 0 aliphatic carbocycles. The van der Waals surface area contributed by atoms with Crippen LogP contribution in [0.4, 0.5) is 8.78 Å². The van der Waals surface area contributed by atoms with E-state index < -0.39 is 0 Å². The number of hydrogen-bond acceptors (Lipinski definition) is 0. The van der Waals surface area contributed by atoms with Crippen LogP contribution in [0.25, 0.3) is 0 Å². The van der Waals surface area contributed by atoms with Crippen LogP contribution in [0, 0.1) is 49.2 Å². The Morgan fingerprint density at radius 2 is 0.808 bits per heavy atom. The first-order valence-electron chi connectivity index (χ1n) is 8.18.